The number of amides is 1. The van der Waals surface area contributed by atoms with E-state index >= 15 is 0 Å². The number of thiophene rings is 1. The summed E-state index contributed by atoms with van der Waals surface area (Å²) in [6.45, 7) is 3.81. The lowest BCUT2D eigenvalue weighted by atomic mass is 9.98. The largest absolute Gasteiger partial charge is 0.396 e. The van der Waals surface area contributed by atoms with E-state index in [1.165, 1.54) is 5.56 Å². The van der Waals surface area contributed by atoms with Crippen molar-refractivity contribution in [2.24, 2.45) is 5.92 Å². The van der Waals surface area contributed by atoms with Crippen molar-refractivity contribution < 1.29 is 9.90 Å². The molecule has 0 saturated carbocycles. The lowest BCUT2D eigenvalue weighted by Gasteiger charge is -2.30. The summed E-state index contributed by atoms with van der Waals surface area (Å²) in [6, 6.07) is 2.06. The SMILES string of the molecule is Cc1ccsc1/C=C/C(=O)N1CCC(CO)CC1. The van der Waals surface area contributed by atoms with Crippen LogP contribution in [-0.4, -0.2) is 35.6 Å². The van der Waals surface area contributed by atoms with Gasteiger partial charge in [-0.25, -0.2) is 0 Å². The summed E-state index contributed by atoms with van der Waals surface area (Å²) in [5, 5.41) is 11.1. The lowest BCUT2D eigenvalue weighted by Crippen LogP contribution is -2.38. The van der Waals surface area contributed by atoms with Gasteiger partial charge < -0.3 is 10.0 Å². The number of likely N-dealkylation sites (tertiary alicyclic amines) is 1. The number of nitrogens with zero attached hydrogens (tertiary/aromatic N) is 1. The Bertz CT molecular complexity index is 431. The molecule has 0 spiro atoms. The predicted molar refractivity (Wildman–Crippen MR) is 74.5 cm³/mol. The molecule has 2 heterocycles. The minimum Gasteiger partial charge on any atom is -0.396 e. The minimum atomic E-state index is 0.0826. The van der Waals surface area contributed by atoms with E-state index in [-0.39, 0.29) is 12.5 Å². The Morgan fingerprint density at radius 3 is 2.83 bits per heavy atom. The number of rotatable bonds is 3. The van der Waals surface area contributed by atoms with Crippen LogP contribution in [0.5, 0.6) is 0 Å². The summed E-state index contributed by atoms with van der Waals surface area (Å²) in [6.07, 6.45) is 5.39. The fourth-order valence-corrected chi connectivity index (χ4v) is 2.96. The van der Waals surface area contributed by atoms with Crippen LogP contribution in [0, 0.1) is 12.8 Å². The molecule has 1 aliphatic rings. The average Bonchev–Trinajstić information content (AvgIpc) is 2.81. The molecule has 0 aliphatic carbocycles. The van der Waals surface area contributed by atoms with Crippen molar-refractivity contribution in [1.82, 2.24) is 4.90 Å². The molecule has 0 radical (unpaired) electrons. The molecule has 1 amide bonds. The van der Waals surface area contributed by atoms with Gasteiger partial charge in [-0.2, -0.15) is 0 Å². The Morgan fingerprint density at radius 1 is 1.56 bits per heavy atom. The van der Waals surface area contributed by atoms with Gasteiger partial charge >= 0.3 is 0 Å². The van der Waals surface area contributed by atoms with Crippen LogP contribution in [0.2, 0.25) is 0 Å². The summed E-state index contributed by atoms with van der Waals surface area (Å²) in [5.74, 6) is 0.455. The van der Waals surface area contributed by atoms with Crippen molar-refractivity contribution in [2.75, 3.05) is 19.7 Å². The minimum absolute atomic E-state index is 0.0826. The number of aryl methyl sites for hydroxylation is 1. The zero-order valence-corrected chi connectivity index (χ0v) is 11.4. The van der Waals surface area contributed by atoms with Crippen LogP contribution in [0.1, 0.15) is 23.3 Å². The van der Waals surface area contributed by atoms with E-state index in [2.05, 4.69) is 6.07 Å². The summed E-state index contributed by atoms with van der Waals surface area (Å²) in [4.78, 5) is 15.0. The maximum atomic E-state index is 12.0. The molecule has 2 rings (SSSR count). The summed E-state index contributed by atoms with van der Waals surface area (Å²) < 4.78 is 0. The molecule has 18 heavy (non-hydrogen) atoms. The van der Waals surface area contributed by atoms with Crippen LogP contribution in [0.4, 0.5) is 0 Å². The first kappa shape index (κ1) is 13.3. The monoisotopic (exact) mass is 265 g/mol. The Labute approximate surface area is 112 Å². The molecule has 98 valence electrons. The standard InChI is InChI=1S/C14H19NO2S/c1-11-6-9-18-13(11)2-3-14(17)15-7-4-12(10-16)5-8-15/h2-3,6,9,12,16H,4-5,7-8,10H2,1H3/b3-2+. The maximum Gasteiger partial charge on any atom is 0.246 e. The summed E-state index contributed by atoms with van der Waals surface area (Å²) >= 11 is 1.65. The number of piperidine rings is 1. The average molecular weight is 265 g/mol. The van der Waals surface area contributed by atoms with Crippen molar-refractivity contribution in [3.63, 3.8) is 0 Å². The number of aliphatic hydroxyl groups is 1. The molecule has 0 bridgehead atoms. The van der Waals surface area contributed by atoms with Gasteiger partial charge in [-0.15, -0.1) is 11.3 Å². The van der Waals surface area contributed by atoms with Crippen molar-refractivity contribution >= 4 is 23.3 Å². The van der Waals surface area contributed by atoms with Crippen molar-refractivity contribution in [3.05, 3.63) is 28.0 Å². The van der Waals surface area contributed by atoms with Gasteiger partial charge in [0.25, 0.3) is 0 Å². The van der Waals surface area contributed by atoms with E-state index in [0.29, 0.717) is 5.92 Å². The normalized spacial score (nSPS) is 17.6. The second-order valence-electron chi connectivity index (χ2n) is 4.75. The predicted octanol–water partition coefficient (Wildman–Crippen LogP) is 2.30. The number of carbonyl (C=O) groups excluding carboxylic acids is 1. The highest BCUT2D eigenvalue weighted by molar-refractivity contribution is 7.11. The third-order valence-electron chi connectivity index (χ3n) is 3.46. The van der Waals surface area contributed by atoms with Gasteiger partial charge in [-0.05, 0) is 48.8 Å². The third-order valence-corrected chi connectivity index (χ3v) is 4.45. The van der Waals surface area contributed by atoms with E-state index in [1.54, 1.807) is 17.4 Å². The van der Waals surface area contributed by atoms with Crippen LogP contribution in [0.15, 0.2) is 17.5 Å². The Balaban J connectivity index is 1.89. The van der Waals surface area contributed by atoms with Gasteiger partial charge in [0.15, 0.2) is 0 Å². The smallest absolute Gasteiger partial charge is 0.246 e. The topological polar surface area (TPSA) is 40.5 Å². The van der Waals surface area contributed by atoms with Crippen molar-refractivity contribution in [1.29, 1.82) is 0 Å². The molecule has 1 aliphatic heterocycles. The van der Waals surface area contributed by atoms with Gasteiger partial charge in [-0.3, -0.25) is 4.79 Å². The zero-order valence-electron chi connectivity index (χ0n) is 10.6. The van der Waals surface area contributed by atoms with Crippen LogP contribution in [-0.2, 0) is 4.79 Å². The first-order valence-electron chi connectivity index (χ1n) is 6.32. The highest BCUT2D eigenvalue weighted by atomic mass is 32.1. The van der Waals surface area contributed by atoms with Crippen LogP contribution in [0.3, 0.4) is 0 Å². The van der Waals surface area contributed by atoms with E-state index in [0.717, 1.165) is 30.8 Å². The van der Waals surface area contributed by atoms with Crippen LogP contribution >= 0.6 is 11.3 Å². The molecule has 1 aromatic heterocycles. The molecule has 0 aromatic carbocycles. The molecule has 1 fully saturated rings. The molecule has 0 atom stereocenters. The second kappa shape index (κ2) is 6.16. The molecular formula is C14H19NO2S. The van der Waals surface area contributed by atoms with E-state index < -0.39 is 0 Å². The molecule has 3 nitrogen and oxygen atoms in total. The molecular weight excluding hydrogens is 246 g/mol. The fraction of sp³-hybridized carbons (Fsp3) is 0.500. The lowest BCUT2D eigenvalue weighted by molar-refractivity contribution is -0.127. The molecule has 4 heteroatoms. The summed E-state index contributed by atoms with van der Waals surface area (Å²) in [5.41, 5.74) is 1.21. The fourth-order valence-electron chi connectivity index (χ4n) is 2.14. The maximum absolute atomic E-state index is 12.0. The molecule has 1 aromatic rings. The third kappa shape index (κ3) is 3.21. The number of hydrogen-bond donors (Lipinski definition) is 1. The number of aliphatic hydroxyl groups excluding tert-OH is 1. The Hall–Kier alpha value is -1.13. The van der Waals surface area contributed by atoms with Crippen LogP contribution < -0.4 is 0 Å². The van der Waals surface area contributed by atoms with Crippen molar-refractivity contribution in [3.8, 4) is 0 Å². The van der Waals surface area contributed by atoms with Gasteiger partial charge in [0.2, 0.25) is 5.91 Å². The highest BCUT2D eigenvalue weighted by Crippen LogP contribution is 2.19. The van der Waals surface area contributed by atoms with Crippen LogP contribution in [0.25, 0.3) is 6.08 Å². The first-order chi connectivity index (χ1) is 8.70. The second-order valence-corrected chi connectivity index (χ2v) is 5.70. The molecule has 1 N–H and O–H groups in total. The van der Waals surface area contributed by atoms with Gasteiger partial charge in [0.05, 0.1) is 0 Å². The van der Waals surface area contributed by atoms with E-state index in [1.807, 2.05) is 23.3 Å². The van der Waals surface area contributed by atoms with Gasteiger partial charge in [0.1, 0.15) is 0 Å². The highest BCUT2D eigenvalue weighted by Gasteiger charge is 2.20. The Morgan fingerprint density at radius 2 is 2.28 bits per heavy atom. The molecule has 1 saturated heterocycles. The number of carbonyl (C=O) groups is 1. The summed E-state index contributed by atoms with van der Waals surface area (Å²) in [7, 11) is 0. The Kier molecular flexibility index (Phi) is 4.55. The van der Waals surface area contributed by atoms with E-state index in [4.69, 9.17) is 5.11 Å². The van der Waals surface area contributed by atoms with E-state index in [9.17, 15) is 4.79 Å². The number of hydrogen-bond acceptors (Lipinski definition) is 3. The van der Waals surface area contributed by atoms with Gasteiger partial charge in [-0.1, -0.05) is 0 Å². The first-order valence-corrected chi connectivity index (χ1v) is 7.20. The molecule has 0 unspecified atom stereocenters. The van der Waals surface area contributed by atoms with Crippen molar-refractivity contribution in [2.45, 2.75) is 19.8 Å². The van der Waals surface area contributed by atoms with Gasteiger partial charge in [0, 0.05) is 30.6 Å². The zero-order chi connectivity index (χ0) is 13.0. The quantitative estimate of drug-likeness (QED) is 0.852.